The lowest BCUT2D eigenvalue weighted by Gasteiger charge is -2.23. The molecule has 0 aliphatic rings. The average Bonchev–Trinajstić information content (AvgIpc) is 1.84. The van der Waals surface area contributed by atoms with Crippen LogP contribution in [0.2, 0.25) is 0 Å². The van der Waals surface area contributed by atoms with Crippen LogP contribution in [0, 0.1) is 11.8 Å². The third-order valence-corrected chi connectivity index (χ3v) is 2.19. The fourth-order valence-electron chi connectivity index (χ4n) is 0.863. The Hall–Kier alpha value is -0.300. The van der Waals surface area contributed by atoms with Gasteiger partial charge in [0.1, 0.15) is 0 Å². The van der Waals surface area contributed by atoms with Gasteiger partial charge < -0.3 is 5.73 Å². The molecule has 0 amide bonds. The molecule has 60 valence electrons. The maximum atomic E-state index is 5.86. The van der Waals surface area contributed by atoms with E-state index in [2.05, 4.69) is 27.4 Å². The van der Waals surface area contributed by atoms with Gasteiger partial charge in [-0.15, -0.1) is 0 Å². The van der Waals surface area contributed by atoms with Crippen LogP contribution in [-0.4, -0.2) is 6.04 Å². The van der Waals surface area contributed by atoms with Crippen LogP contribution in [0.15, 0.2) is 12.2 Å². The Labute approximate surface area is 64.3 Å². The summed E-state index contributed by atoms with van der Waals surface area (Å²) in [5.74, 6) is 1.18. The first-order chi connectivity index (χ1) is 4.46. The Morgan fingerprint density at radius 1 is 1.30 bits per heavy atom. The lowest BCUT2D eigenvalue weighted by Crippen LogP contribution is -2.32. The highest BCUT2D eigenvalue weighted by molar-refractivity contribution is 5.02. The fraction of sp³-hybridized carbons (Fsp3) is 0.778. The molecule has 10 heavy (non-hydrogen) atoms. The molecule has 1 nitrogen and oxygen atoms in total. The number of rotatable bonds is 3. The third-order valence-electron chi connectivity index (χ3n) is 2.19. The van der Waals surface area contributed by atoms with Crippen LogP contribution in [0.5, 0.6) is 0 Å². The van der Waals surface area contributed by atoms with Gasteiger partial charge in [-0.1, -0.05) is 32.9 Å². The Balaban J connectivity index is 3.94. The van der Waals surface area contributed by atoms with Crippen molar-refractivity contribution in [3.05, 3.63) is 12.2 Å². The summed E-state index contributed by atoms with van der Waals surface area (Å²) in [7, 11) is 0. The normalized spacial score (nSPS) is 17.0. The molecule has 0 heterocycles. The quantitative estimate of drug-likeness (QED) is 0.599. The molecular formula is C9H19N. The van der Waals surface area contributed by atoms with E-state index in [0.717, 1.165) is 5.57 Å². The largest absolute Gasteiger partial charge is 0.324 e. The maximum Gasteiger partial charge on any atom is 0.0276 e. The predicted molar refractivity (Wildman–Crippen MR) is 46.8 cm³/mol. The van der Waals surface area contributed by atoms with E-state index in [1.54, 1.807) is 0 Å². The van der Waals surface area contributed by atoms with E-state index in [9.17, 15) is 0 Å². The standard InChI is InChI=1S/C9H19N/c1-6(2)8(5)9(10)7(3)4/h6,8-9H,3,10H2,1-2,4-5H3. The van der Waals surface area contributed by atoms with E-state index in [4.69, 9.17) is 5.73 Å². The summed E-state index contributed by atoms with van der Waals surface area (Å²) in [6.07, 6.45) is 0. The second-order valence-electron chi connectivity index (χ2n) is 3.48. The van der Waals surface area contributed by atoms with Crippen molar-refractivity contribution in [2.75, 3.05) is 0 Å². The zero-order valence-corrected chi connectivity index (χ0v) is 7.52. The number of nitrogens with two attached hydrogens (primary N) is 1. The molecule has 0 fully saturated rings. The van der Waals surface area contributed by atoms with Gasteiger partial charge in [-0.05, 0) is 18.8 Å². The van der Waals surface area contributed by atoms with Crippen LogP contribution in [0.4, 0.5) is 0 Å². The molecule has 0 aliphatic carbocycles. The summed E-state index contributed by atoms with van der Waals surface area (Å²) >= 11 is 0. The molecule has 0 aromatic carbocycles. The Kier molecular flexibility index (Phi) is 3.66. The van der Waals surface area contributed by atoms with E-state index in [1.165, 1.54) is 0 Å². The Morgan fingerprint density at radius 2 is 1.70 bits per heavy atom. The van der Waals surface area contributed by atoms with E-state index >= 15 is 0 Å². The van der Waals surface area contributed by atoms with Crippen LogP contribution in [0.25, 0.3) is 0 Å². The lowest BCUT2D eigenvalue weighted by molar-refractivity contribution is 0.374. The molecule has 0 aliphatic heterocycles. The summed E-state index contributed by atoms with van der Waals surface area (Å²) in [5, 5.41) is 0. The molecule has 0 aromatic heterocycles. The van der Waals surface area contributed by atoms with Gasteiger partial charge in [0.2, 0.25) is 0 Å². The van der Waals surface area contributed by atoms with Crippen LogP contribution in [0.3, 0.4) is 0 Å². The molecule has 0 radical (unpaired) electrons. The molecule has 2 atom stereocenters. The molecule has 0 aromatic rings. The second kappa shape index (κ2) is 3.77. The van der Waals surface area contributed by atoms with Gasteiger partial charge in [0.15, 0.2) is 0 Å². The average molecular weight is 141 g/mol. The van der Waals surface area contributed by atoms with Crippen molar-refractivity contribution >= 4 is 0 Å². The SMILES string of the molecule is C=C(C)C(N)C(C)C(C)C. The molecule has 1 heteroatoms. The molecule has 2 unspecified atom stereocenters. The first kappa shape index (κ1) is 9.70. The van der Waals surface area contributed by atoms with Gasteiger partial charge in [-0.3, -0.25) is 0 Å². The topological polar surface area (TPSA) is 26.0 Å². The Bertz CT molecular complexity index is 116. The summed E-state index contributed by atoms with van der Waals surface area (Å²) in [6, 6.07) is 0.167. The summed E-state index contributed by atoms with van der Waals surface area (Å²) < 4.78 is 0. The van der Waals surface area contributed by atoms with E-state index in [0.29, 0.717) is 11.8 Å². The molecule has 0 saturated heterocycles. The molecule has 0 spiro atoms. The Morgan fingerprint density at radius 3 is 1.80 bits per heavy atom. The predicted octanol–water partition coefficient (Wildman–Crippen LogP) is 2.18. The minimum atomic E-state index is 0.167. The highest BCUT2D eigenvalue weighted by Gasteiger charge is 2.15. The highest BCUT2D eigenvalue weighted by atomic mass is 14.6. The number of hydrogen-bond acceptors (Lipinski definition) is 1. The number of hydrogen-bond donors (Lipinski definition) is 1. The monoisotopic (exact) mass is 141 g/mol. The summed E-state index contributed by atoms with van der Waals surface area (Å²) in [6.45, 7) is 12.4. The van der Waals surface area contributed by atoms with Crippen LogP contribution in [-0.2, 0) is 0 Å². The van der Waals surface area contributed by atoms with E-state index < -0.39 is 0 Å². The van der Waals surface area contributed by atoms with Gasteiger partial charge in [0, 0.05) is 6.04 Å². The fourth-order valence-corrected chi connectivity index (χ4v) is 0.863. The van der Waals surface area contributed by atoms with Crippen LogP contribution in [0.1, 0.15) is 27.7 Å². The lowest BCUT2D eigenvalue weighted by atomic mass is 9.88. The first-order valence-corrected chi connectivity index (χ1v) is 3.87. The molecule has 0 saturated carbocycles. The van der Waals surface area contributed by atoms with Crippen molar-refractivity contribution in [2.45, 2.75) is 33.7 Å². The summed E-state index contributed by atoms with van der Waals surface area (Å²) in [5.41, 5.74) is 6.95. The van der Waals surface area contributed by atoms with Gasteiger partial charge in [0.05, 0.1) is 0 Å². The van der Waals surface area contributed by atoms with Gasteiger partial charge >= 0.3 is 0 Å². The maximum absolute atomic E-state index is 5.86. The van der Waals surface area contributed by atoms with E-state index in [1.807, 2.05) is 6.92 Å². The minimum absolute atomic E-state index is 0.167. The van der Waals surface area contributed by atoms with Crippen molar-refractivity contribution in [3.8, 4) is 0 Å². The molecule has 2 N–H and O–H groups in total. The van der Waals surface area contributed by atoms with Crippen molar-refractivity contribution in [1.29, 1.82) is 0 Å². The molecule has 0 bridgehead atoms. The first-order valence-electron chi connectivity index (χ1n) is 3.87. The van der Waals surface area contributed by atoms with Gasteiger partial charge in [-0.2, -0.15) is 0 Å². The summed E-state index contributed by atoms with van der Waals surface area (Å²) in [4.78, 5) is 0. The van der Waals surface area contributed by atoms with Crippen molar-refractivity contribution in [2.24, 2.45) is 17.6 Å². The van der Waals surface area contributed by atoms with Crippen LogP contribution < -0.4 is 5.73 Å². The van der Waals surface area contributed by atoms with Gasteiger partial charge in [0.25, 0.3) is 0 Å². The van der Waals surface area contributed by atoms with Crippen molar-refractivity contribution in [1.82, 2.24) is 0 Å². The van der Waals surface area contributed by atoms with Crippen LogP contribution >= 0.6 is 0 Å². The van der Waals surface area contributed by atoms with Crippen molar-refractivity contribution in [3.63, 3.8) is 0 Å². The molecular weight excluding hydrogens is 122 g/mol. The third kappa shape index (κ3) is 2.53. The zero-order chi connectivity index (χ0) is 8.31. The molecule has 0 rings (SSSR count). The van der Waals surface area contributed by atoms with Gasteiger partial charge in [-0.25, -0.2) is 0 Å². The smallest absolute Gasteiger partial charge is 0.0276 e. The zero-order valence-electron chi connectivity index (χ0n) is 7.52. The highest BCUT2D eigenvalue weighted by Crippen LogP contribution is 2.16. The minimum Gasteiger partial charge on any atom is -0.324 e. The van der Waals surface area contributed by atoms with E-state index in [-0.39, 0.29) is 6.04 Å². The second-order valence-corrected chi connectivity index (χ2v) is 3.48. The van der Waals surface area contributed by atoms with Crippen molar-refractivity contribution < 1.29 is 0 Å².